The topological polar surface area (TPSA) is 90.9 Å². The summed E-state index contributed by atoms with van der Waals surface area (Å²) in [7, 11) is 2.67. The second-order valence-corrected chi connectivity index (χ2v) is 4.10. The Labute approximate surface area is 122 Å². The number of carbonyl (C=O) groups is 3. The summed E-state index contributed by atoms with van der Waals surface area (Å²) in [5.74, 6) is -0.861. The minimum Gasteiger partial charge on any atom is -0.465 e. The first kappa shape index (κ1) is 16.8. The molecule has 0 heterocycles. The van der Waals surface area contributed by atoms with Gasteiger partial charge in [-0.25, -0.2) is 4.79 Å². The van der Waals surface area contributed by atoms with Crippen LogP contribution in [0, 0.1) is 0 Å². The van der Waals surface area contributed by atoms with Gasteiger partial charge in [-0.1, -0.05) is 0 Å². The Hall–Kier alpha value is -2.25. The summed E-state index contributed by atoms with van der Waals surface area (Å²) in [6.07, 6.45) is -0.419. The maximum absolute atomic E-state index is 11.6. The van der Waals surface area contributed by atoms with Crippen molar-refractivity contribution in [3.05, 3.63) is 29.3 Å². The zero-order valence-electron chi connectivity index (χ0n) is 12.0. The van der Waals surface area contributed by atoms with Gasteiger partial charge >= 0.3 is 5.97 Å². The average Bonchev–Trinajstić information content (AvgIpc) is 2.48. The molecule has 0 radical (unpaired) electrons. The van der Waals surface area contributed by atoms with E-state index in [0.29, 0.717) is 17.5 Å². The molecule has 0 aliphatic carbocycles. The predicted octanol–water partition coefficient (Wildman–Crippen LogP) is 1.29. The van der Waals surface area contributed by atoms with Crippen LogP contribution < -0.4 is 5.32 Å². The summed E-state index contributed by atoms with van der Waals surface area (Å²) in [5, 5.41) is 2.58. The Morgan fingerprint density at radius 1 is 1.33 bits per heavy atom. The van der Waals surface area contributed by atoms with E-state index in [2.05, 4.69) is 10.1 Å². The van der Waals surface area contributed by atoms with Gasteiger partial charge in [0.05, 0.1) is 12.7 Å². The molecule has 0 aliphatic heterocycles. The lowest BCUT2D eigenvalue weighted by Gasteiger charge is -2.17. The monoisotopic (exact) mass is 295 g/mol. The molecule has 0 spiro atoms. The van der Waals surface area contributed by atoms with E-state index in [1.807, 2.05) is 0 Å². The van der Waals surface area contributed by atoms with Gasteiger partial charge in [0.1, 0.15) is 12.9 Å². The maximum atomic E-state index is 11.6. The maximum Gasteiger partial charge on any atom is 0.337 e. The molecule has 1 aromatic rings. The van der Waals surface area contributed by atoms with Gasteiger partial charge in [0.25, 0.3) is 0 Å². The summed E-state index contributed by atoms with van der Waals surface area (Å²) in [5.41, 5.74) is 0.970. The lowest BCUT2D eigenvalue weighted by Crippen LogP contribution is -2.15. The molecule has 7 nitrogen and oxygen atoms in total. The van der Waals surface area contributed by atoms with Gasteiger partial charge in [-0.05, 0) is 18.2 Å². The van der Waals surface area contributed by atoms with E-state index in [1.54, 1.807) is 0 Å². The first-order valence-electron chi connectivity index (χ1n) is 6.09. The summed E-state index contributed by atoms with van der Waals surface area (Å²) in [6, 6.07) is 4.43. The highest BCUT2D eigenvalue weighted by Crippen LogP contribution is 2.26. The lowest BCUT2D eigenvalue weighted by molar-refractivity contribution is -0.128. The molecule has 114 valence electrons. The van der Waals surface area contributed by atoms with Crippen molar-refractivity contribution in [2.45, 2.75) is 13.0 Å². The van der Waals surface area contributed by atoms with Crippen LogP contribution in [0.25, 0.3) is 0 Å². The molecule has 0 fully saturated rings. The smallest absolute Gasteiger partial charge is 0.337 e. The number of hydrogen-bond donors (Lipinski definition) is 1. The zero-order chi connectivity index (χ0) is 15.8. The van der Waals surface area contributed by atoms with Crippen LogP contribution in [-0.4, -0.2) is 39.2 Å². The summed E-state index contributed by atoms with van der Waals surface area (Å²) in [4.78, 5) is 34.0. The fraction of sp³-hybridized carbons (Fsp3) is 0.357. The number of aldehydes is 1. The van der Waals surface area contributed by atoms with Gasteiger partial charge in [0.15, 0.2) is 6.29 Å². The van der Waals surface area contributed by atoms with E-state index in [4.69, 9.17) is 9.47 Å². The fourth-order valence-electron chi connectivity index (χ4n) is 1.69. The van der Waals surface area contributed by atoms with E-state index in [-0.39, 0.29) is 18.3 Å². The highest BCUT2D eigenvalue weighted by molar-refractivity contribution is 5.94. The minimum absolute atomic E-state index is 0.106. The molecular weight excluding hydrogens is 278 g/mol. The molecule has 0 saturated carbocycles. The average molecular weight is 295 g/mol. The molecule has 0 bridgehead atoms. The number of rotatable bonds is 7. The van der Waals surface area contributed by atoms with E-state index in [1.165, 1.54) is 39.3 Å². The zero-order valence-corrected chi connectivity index (χ0v) is 12.0. The highest BCUT2D eigenvalue weighted by Gasteiger charge is 2.19. The van der Waals surface area contributed by atoms with E-state index < -0.39 is 12.1 Å². The Kier molecular flexibility index (Phi) is 6.51. The Morgan fingerprint density at radius 2 is 2.05 bits per heavy atom. The van der Waals surface area contributed by atoms with Crippen molar-refractivity contribution < 1.29 is 28.6 Å². The van der Waals surface area contributed by atoms with Crippen molar-refractivity contribution in [1.82, 2.24) is 0 Å². The van der Waals surface area contributed by atoms with Crippen LogP contribution in [0.2, 0.25) is 0 Å². The third-order valence-electron chi connectivity index (χ3n) is 2.58. The van der Waals surface area contributed by atoms with Crippen molar-refractivity contribution in [1.29, 1.82) is 0 Å². The number of anilines is 1. The van der Waals surface area contributed by atoms with Crippen molar-refractivity contribution >= 4 is 23.9 Å². The molecule has 1 unspecified atom stereocenters. The van der Waals surface area contributed by atoms with Crippen LogP contribution in [0.15, 0.2) is 18.2 Å². The molecule has 1 amide bonds. The number of carbonyl (C=O) groups excluding carboxylic acids is 3. The third-order valence-corrected chi connectivity index (χ3v) is 2.58. The summed E-state index contributed by atoms with van der Waals surface area (Å²) >= 11 is 0. The van der Waals surface area contributed by atoms with Gasteiger partial charge in [-0.15, -0.1) is 0 Å². The quantitative estimate of drug-likeness (QED) is 0.463. The molecular formula is C14H17NO6. The number of hydrogen-bond acceptors (Lipinski definition) is 6. The number of ether oxygens (including phenoxy) is 3. The van der Waals surface area contributed by atoms with Gasteiger partial charge in [0.2, 0.25) is 5.91 Å². The predicted molar refractivity (Wildman–Crippen MR) is 73.9 cm³/mol. The van der Waals surface area contributed by atoms with Crippen molar-refractivity contribution in [3.63, 3.8) is 0 Å². The van der Waals surface area contributed by atoms with E-state index >= 15 is 0 Å². The van der Waals surface area contributed by atoms with Crippen molar-refractivity contribution in [3.8, 4) is 0 Å². The Bertz CT molecular complexity index is 528. The second-order valence-electron chi connectivity index (χ2n) is 4.10. The van der Waals surface area contributed by atoms with Gasteiger partial charge < -0.3 is 24.3 Å². The van der Waals surface area contributed by atoms with Gasteiger partial charge in [-0.2, -0.15) is 0 Å². The molecule has 1 atom stereocenters. The number of nitrogens with one attached hydrogen (secondary N) is 1. The number of amides is 1. The third kappa shape index (κ3) is 4.66. The highest BCUT2D eigenvalue weighted by atomic mass is 16.7. The number of benzene rings is 1. The molecule has 7 heteroatoms. The van der Waals surface area contributed by atoms with Crippen LogP contribution in [0.3, 0.4) is 0 Å². The fourth-order valence-corrected chi connectivity index (χ4v) is 1.69. The Morgan fingerprint density at radius 3 is 2.57 bits per heavy atom. The largest absolute Gasteiger partial charge is 0.465 e. The SMILES string of the molecule is COCOC(C=O)c1cc(C(=O)OC)ccc1NC(C)=O. The molecule has 1 N–H and O–H groups in total. The molecule has 0 aliphatic rings. The summed E-state index contributed by atoms with van der Waals surface area (Å²) in [6.45, 7) is 1.23. The van der Waals surface area contributed by atoms with Crippen molar-refractivity contribution in [2.75, 3.05) is 26.3 Å². The first-order valence-corrected chi connectivity index (χ1v) is 6.09. The molecule has 0 saturated heterocycles. The standard InChI is InChI=1S/C14H17NO6/c1-9(17)15-12-5-4-10(14(18)20-3)6-11(12)13(7-16)21-8-19-2/h4-7,13H,8H2,1-3H3,(H,15,17). The van der Waals surface area contributed by atoms with Gasteiger partial charge in [0, 0.05) is 25.3 Å². The molecule has 21 heavy (non-hydrogen) atoms. The Balaban J connectivity index is 3.22. The van der Waals surface area contributed by atoms with Crippen LogP contribution >= 0.6 is 0 Å². The second kappa shape index (κ2) is 8.13. The van der Waals surface area contributed by atoms with Crippen LogP contribution in [-0.2, 0) is 23.8 Å². The summed E-state index contributed by atoms with van der Waals surface area (Å²) < 4.78 is 14.6. The van der Waals surface area contributed by atoms with Crippen molar-refractivity contribution in [2.24, 2.45) is 0 Å². The number of esters is 1. The lowest BCUT2D eigenvalue weighted by atomic mass is 10.0. The first-order chi connectivity index (χ1) is 10.0. The van der Waals surface area contributed by atoms with E-state index in [9.17, 15) is 14.4 Å². The molecule has 1 aromatic carbocycles. The molecule has 1 rings (SSSR count). The number of methoxy groups -OCH3 is 2. The molecule has 0 aromatic heterocycles. The normalized spacial score (nSPS) is 11.6. The minimum atomic E-state index is -0.976. The van der Waals surface area contributed by atoms with Crippen LogP contribution in [0.4, 0.5) is 5.69 Å². The van der Waals surface area contributed by atoms with Crippen LogP contribution in [0.1, 0.15) is 28.9 Å². The van der Waals surface area contributed by atoms with Gasteiger partial charge in [-0.3, -0.25) is 4.79 Å². The van der Waals surface area contributed by atoms with E-state index in [0.717, 1.165) is 0 Å². The van der Waals surface area contributed by atoms with Crippen LogP contribution in [0.5, 0.6) is 0 Å².